The molecule has 5 heteroatoms. The van der Waals surface area contributed by atoms with Crippen LogP contribution in [-0.2, 0) is 0 Å². The molecule has 0 aromatic heterocycles. The standard InChI is InChI=1S/C20H38N4.HI/c1-2-21-19(24-17-12-20(18-24)10-9-11-20)22-13-5-3-6-14-23-15-7-4-8-16-23;/h2-18H2,1H3,(H,21,22);1H. The number of unbranched alkanes of at least 4 members (excludes halogenated alkanes) is 2. The molecule has 4 nitrogen and oxygen atoms in total. The van der Waals surface area contributed by atoms with Gasteiger partial charge in [0.05, 0.1) is 0 Å². The fourth-order valence-corrected chi connectivity index (χ4v) is 4.62. The first-order valence-electron chi connectivity index (χ1n) is 10.6. The van der Waals surface area contributed by atoms with Crippen LogP contribution in [0.2, 0.25) is 0 Å². The van der Waals surface area contributed by atoms with Crippen molar-refractivity contribution >= 4 is 29.9 Å². The molecule has 3 rings (SSSR count). The van der Waals surface area contributed by atoms with Crippen LogP contribution < -0.4 is 5.32 Å². The zero-order valence-corrected chi connectivity index (χ0v) is 18.6. The molecule has 1 aliphatic carbocycles. The molecule has 1 saturated carbocycles. The lowest BCUT2D eigenvalue weighted by molar-refractivity contribution is 0.151. The van der Waals surface area contributed by atoms with Crippen molar-refractivity contribution < 1.29 is 0 Å². The Morgan fingerprint density at radius 3 is 2.40 bits per heavy atom. The molecule has 2 saturated heterocycles. The second-order valence-electron chi connectivity index (χ2n) is 8.22. The van der Waals surface area contributed by atoms with E-state index >= 15 is 0 Å². The molecule has 0 aromatic rings. The van der Waals surface area contributed by atoms with Crippen molar-refractivity contribution in [2.45, 2.75) is 71.1 Å². The summed E-state index contributed by atoms with van der Waals surface area (Å²) >= 11 is 0. The van der Waals surface area contributed by atoms with Crippen LogP contribution in [0.25, 0.3) is 0 Å². The molecule has 3 fully saturated rings. The molecule has 2 aliphatic heterocycles. The van der Waals surface area contributed by atoms with Gasteiger partial charge in [-0.1, -0.05) is 19.3 Å². The predicted octanol–water partition coefficient (Wildman–Crippen LogP) is 4.10. The van der Waals surface area contributed by atoms with Gasteiger partial charge in [0.15, 0.2) is 5.96 Å². The molecule has 0 bridgehead atoms. The second-order valence-corrected chi connectivity index (χ2v) is 8.22. The van der Waals surface area contributed by atoms with Gasteiger partial charge in [0.1, 0.15) is 0 Å². The van der Waals surface area contributed by atoms with Crippen molar-refractivity contribution in [1.82, 2.24) is 15.1 Å². The average molecular weight is 462 g/mol. The summed E-state index contributed by atoms with van der Waals surface area (Å²) < 4.78 is 0. The lowest BCUT2D eigenvalue weighted by Gasteiger charge is -2.38. The van der Waals surface area contributed by atoms with Crippen LogP contribution >= 0.6 is 24.0 Å². The Bertz CT molecular complexity index is 403. The van der Waals surface area contributed by atoms with E-state index in [0.717, 1.165) is 13.1 Å². The van der Waals surface area contributed by atoms with Gasteiger partial charge in [-0.25, -0.2) is 0 Å². The maximum Gasteiger partial charge on any atom is 0.193 e. The zero-order chi connectivity index (χ0) is 16.7. The van der Waals surface area contributed by atoms with Gasteiger partial charge in [-0.3, -0.25) is 4.99 Å². The van der Waals surface area contributed by atoms with E-state index in [4.69, 9.17) is 4.99 Å². The largest absolute Gasteiger partial charge is 0.357 e. The van der Waals surface area contributed by atoms with Gasteiger partial charge < -0.3 is 15.1 Å². The van der Waals surface area contributed by atoms with Crippen LogP contribution in [0.1, 0.15) is 71.1 Å². The number of piperidine rings is 1. The van der Waals surface area contributed by atoms with E-state index < -0.39 is 0 Å². The highest BCUT2D eigenvalue weighted by Gasteiger charge is 2.43. The van der Waals surface area contributed by atoms with E-state index in [9.17, 15) is 0 Å². The highest BCUT2D eigenvalue weighted by Crippen LogP contribution is 2.47. The summed E-state index contributed by atoms with van der Waals surface area (Å²) in [7, 11) is 0. The first-order valence-corrected chi connectivity index (χ1v) is 10.6. The van der Waals surface area contributed by atoms with E-state index in [0.29, 0.717) is 5.41 Å². The highest BCUT2D eigenvalue weighted by molar-refractivity contribution is 14.0. The molecule has 0 amide bonds. The van der Waals surface area contributed by atoms with Crippen LogP contribution in [0.15, 0.2) is 4.99 Å². The third-order valence-electron chi connectivity index (χ3n) is 6.33. The summed E-state index contributed by atoms with van der Waals surface area (Å²) in [6, 6.07) is 0. The molecule has 0 unspecified atom stereocenters. The Labute approximate surface area is 172 Å². The van der Waals surface area contributed by atoms with Gasteiger partial charge in [-0.05, 0) is 76.9 Å². The normalized spacial score (nSPS) is 23.4. The first kappa shape index (κ1) is 21.3. The number of guanidine groups is 1. The molecule has 3 aliphatic rings. The van der Waals surface area contributed by atoms with Crippen LogP contribution in [0.3, 0.4) is 0 Å². The maximum absolute atomic E-state index is 4.92. The third-order valence-corrected chi connectivity index (χ3v) is 6.33. The number of nitrogens with zero attached hydrogens (tertiary/aromatic N) is 3. The molecule has 1 N–H and O–H groups in total. The third kappa shape index (κ3) is 6.26. The van der Waals surface area contributed by atoms with Gasteiger partial charge in [-0.15, -0.1) is 24.0 Å². The van der Waals surface area contributed by atoms with Crippen molar-refractivity contribution in [1.29, 1.82) is 0 Å². The van der Waals surface area contributed by atoms with E-state index in [1.807, 2.05) is 0 Å². The summed E-state index contributed by atoms with van der Waals surface area (Å²) in [6.45, 7) is 10.6. The fraction of sp³-hybridized carbons (Fsp3) is 0.950. The minimum Gasteiger partial charge on any atom is -0.357 e. The Morgan fingerprint density at radius 1 is 0.960 bits per heavy atom. The molecule has 1 spiro atoms. The molecular weight excluding hydrogens is 423 g/mol. The van der Waals surface area contributed by atoms with Crippen LogP contribution in [0.5, 0.6) is 0 Å². The lowest BCUT2D eigenvalue weighted by atomic mass is 9.68. The van der Waals surface area contributed by atoms with Crippen molar-refractivity contribution in [3.8, 4) is 0 Å². The van der Waals surface area contributed by atoms with Crippen LogP contribution in [-0.4, -0.2) is 61.6 Å². The van der Waals surface area contributed by atoms with Gasteiger partial charge in [0, 0.05) is 26.2 Å². The van der Waals surface area contributed by atoms with Crippen LogP contribution in [0, 0.1) is 5.41 Å². The van der Waals surface area contributed by atoms with Crippen molar-refractivity contribution in [2.24, 2.45) is 10.4 Å². The molecule has 0 atom stereocenters. The number of hydrogen-bond acceptors (Lipinski definition) is 2. The molecule has 0 aromatic carbocycles. The zero-order valence-electron chi connectivity index (χ0n) is 16.3. The Hall–Kier alpha value is -0.0400. The molecule has 2 heterocycles. The van der Waals surface area contributed by atoms with Gasteiger partial charge in [0.2, 0.25) is 0 Å². The number of nitrogens with one attached hydrogen (secondary N) is 1. The summed E-state index contributed by atoms with van der Waals surface area (Å²) in [5, 5.41) is 3.52. The lowest BCUT2D eigenvalue weighted by Crippen LogP contribution is -2.42. The quantitative estimate of drug-likeness (QED) is 0.268. The Morgan fingerprint density at radius 2 is 1.76 bits per heavy atom. The van der Waals surface area contributed by atoms with Crippen molar-refractivity contribution in [3.63, 3.8) is 0 Å². The van der Waals surface area contributed by atoms with Gasteiger partial charge >= 0.3 is 0 Å². The SMILES string of the molecule is CCNC(=NCCCCCN1CCCCC1)N1CCC2(CCC2)C1.I. The topological polar surface area (TPSA) is 30.9 Å². The number of aliphatic imine (C=N–C) groups is 1. The highest BCUT2D eigenvalue weighted by atomic mass is 127. The Balaban J connectivity index is 0.00000225. The summed E-state index contributed by atoms with van der Waals surface area (Å²) in [5.41, 5.74) is 0.657. The van der Waals surface area contributed by atoms with Gasteiger partial charge in [0.25, 0.3) is 0 Å². The van der Waals surface area contributed by atoms with E-state index in [1.165, 1.54) is 103 Å². The van der Waals surface area contributed by atoms with Gasteiger partial charge in [-0.2, -0.15) is 0 Å². The van der Waals surface area contributed by atoms with E-state index in [1.54, 1.807) is 0 Å². The molecule has 25 heavy (non-hydrogen) atoms. The van der Waals surface area contributed by atoms with E-state index in [-0.39, 0.29) is 24.0 Å². The maximum atomic E-state index is 4.92. The molecule has 146 valence electrons. The minimum atomic E-state index is 0. The Kier molecular flexibility index (Phi) is 9.31. The van der Waals surface area contributed by atoms with E-state index in [2.05, 4.69) is 22.0 Å². The number of halogens is 1. The first-order chi connectivity index (χ1) is 11.8. The number of hydrogen-bond donors (Lipinski definition) is 1. The van der Waals surface area contributed by atoms with Crippen LogP contribution in [0.4, 0.5) is 0 Å². The van der Waals surface area contributed by atoms with Crippen molar-refractivity contribution in [3.05, 3.63) is 0 Å². The molecule has 0 radical (unpaired) electrons. The summed E-state index contributed by atoms with van der Waals surface area (Å²) in [4.78, 5) is 10.1. The fourth-order valence-electron chi connectivity index (χ4n) is 4.62. The monoisotopic (exact) mass is 462 g/mol. The van der Waals surface area contributed by atoms with Crippen molar-refractivity contribution in [2.75, 3.05) is 45.8 Å². The average Bonchev–Trinajstić information content (AvgIpc) is 3.04. The summed E-state index contributed by atoms with van der Waals surface area (Å²) in [5.74, 6) is 1.18. The smallest absolute Gasteiger partial charge is 0.193 e. The summed E-state index contributed by atoms with van der Waals surface area (Å²) in [6.07, 6.45) is 13.9. The number of likely N-dealkylation sites (tertiary alicyclic amines) is 2. The molecular formula is C20H39IN4. The minimum absolute atomic E-state index is 0. The second kappa shape index (κ2) is 11.0. The number of rotatable bonds is 7. The predicted molar refractivity (Wildman–Crippen MR) is 118 cm³/mol.